The zero-order chi connectivity index (χ0) is 11.1. The van der Waals surface area contributed by atoms with Crippen molar-refractivity contribution in [2.24, 2.45) is 5.73 Å². The number of carbonyl (C=O) groups is 1. The minimum absolute atomic E-state index is 0.167. The molecular formula is C10H14ClN3O. The van der Waals surface area contributed by atoms with Crippen LogP contribution in [0.2, 0.25) is 5.02 Å². The van der Waals surface area contributed by atoms with Crippen LogP contribution >= 0.6 is 11.6 Å². The third-order valence-electron chi connectivity index (χ3n) is 1.93. The largest absolute Gasteiger partial charge is 0.352 e. The van der Waals surface area contributed by atoms with Crippen LogP contribution in [0.1, 0.15) is 23.2 Å². The molecule has 0 aliphatic rings. The number of carbonyl (C=O) groups excluding carboxylic acids is 1. The van der Waals surface area contributed by atoms with Gasteiger partial charge in [0.2, 0.25) is 0 Å². The van der Waals surface area contributed by atoms with E-state index in [4.69, 9.17) is 17.3 Å². The highest BCUT2D eigenvalue weighted by Gasteiger charge is 2.08. The van der Waals surface area contributed by atoms with Crippen LogP contribution in [0.3, 0.4) is 0 Å². The molecule has 3 N–H and O–H groups in total. The minimum Gasteiger partial charge on any atom is -0.352 e. The maximum atomic E-state index is 11.6. The fourth-order valence-corrected chi connectivity index (χ4v) is 1.33. The number of unbranched alkanes of at least 4 members (excludes halogenated alkanes) is 1. The fourth-order valence-electron chi connectivity index (χ4n) is 1.13. The number of amides is 1. The Bertz CT molecular complexity index is 330. The Labute approximate surface area is 93.8 Å². The first-order valence-electron chi connectivity index (χ1n) is 4.83. The van der Waals surface area contributed by atoms with Gasteiger partial charge in [-0.3, -0.25) is 9.78 Å². The highest BCUT2D eigenvalue weighted by Crippen LogP contribution is 2.12. The molecule has 0 bridgehead atoms. The van der Waals surface area contributed by atoms with Crippen LogP contribution in [0, 0.1) is 0 Å². The highest BCUT2D eigenvalue weighted by atomic mass is 35.5. The monoisotopic (exact) mass is 227 g/mol. The molecule has 1 heterocycles. The smallest absolute Gasteiger partial charge is 0.252 e. The van der Waals surface area contributed by atoms with E-state index in [1.807, 2.05) is 0 Å². The van der Waals surface area contributed by atoms with Crippen LogP contribution in [0.15, 0.2) is 18.5 Å². The van der Waals surface area contributed by atoms with E-state index in [1.165, 1.54) is 6.20 Å². The number of hydrogen-bond acceptors (Lipinski definition) is 3. The van der Waals surface area contributed by atoms with Gasteiger partial charge >= 0.3 is 0 Å². The van der Waals surface area contributed by atoms with Gasteiger partial charge in [0.1, 0.15) is 0 Å². The van der Waals surface area contributed by atoms with E-state index < -0.39 is 0 Å². The molecule has 82 valence electrons. The quantitative estimate of drug-likeness (QED) is 0.743. The Morgan fingerprint density at radius 3 is 3.00 bits per heavy atom. The third kappa shape index (κ3) is 3.85. The number of pyridine rings is 1. The lowest BCUT2D eigenvalue weighted by molar-refractivity contribution is 0.0953. The van der Waals surface area contributed by atoms with Gasteiger partial charge in [-0.2, -0.15) is 0 Å². The van der Waals surface area contributed by atoms with Gasteiger partial charge in [0.25, 0.3) is 5.91 Å². The Balaban J connectivity index is 2.44. The summed E-state index contributed by atoms with van der Waals surface area (Å²) in [5, 5.41) is 3.14. The van der Waals surface area contributed by atoms with Gasteiger partial charge in [-0.1, -0.05) is 11.6 Å². The van der Waals surface area contributed by atoms with Crippen molar-refractivity contribution in [3.63, 3.8) is 0 Å². The van der Waals surface area contributed by atoms with Crippen LogP contribution in [-0.4, -0.2) is 24.0 Å². The summed E-state index contributed by atoms with van der Waals surface area (Å²) in [5.74, 6) is -0.167. The van der Waals surface area contributed by atoms with Crippen molar-refractivity contribution >= 4 is 17.5 Å². The lowest BCUT2D eigenvalue weighted by Gasteiger charge is -2.05. The van der Waals surface area contributed by atoms with Crippen LogP contribution in [0.25, 0.3) is 0 Å². The second-order valence-corrected chi connectivity index (χ2v) is 3.51. The van der Waals surface area contributed by atoms with E-state index in [2.05, 4.69) is 10.3 Å². The van der Waals surface area contributed by atoms with Crippen molar-refractivity contribution in [2.45, 2.75) is 12.8 Å². The molecule has 1 aromatic rings. The summed E-state index contributed by atoms with van der Waals surface area (Å²) in [5.41, 5.74) is 5.80. The molecule has 5 heteroatoms. The first-order valence-corrected chi connectivity index (χ1v) is 5.21. The molecule has 0 aliphatic heterocycles. The van der Waals surface area contributed by atoms with Crippen LogP contribution in [0.4, 0.5) is 0 Å². The van der Waals surface area contributed by atoms with Gasteiger partial charge < -0.3 is 11.1 Å². The van der Waals surface area contributed by atoms with Crippen molar-refractivity contribution in [2.75, 3.05) is 13.1 Å². The molecule has 0 aromatic carbocycles. The van der Waals surface area contributed by atoms with Crippen LogP contribution in [0.5, 0.6) is 0 Å². The molecular weight excluding hydrogens is 214 g/mol. The number of rotatable bonds is 5. The molecule has 4 nitrogen and oxygen atoms in total. The summed E-state index contributed by atoms with van der Waals surface area (Å²) in [4.78, 5) is 15.4. The van der Waals surface area contributed by atoms with E-state index in [-0.39, 0.29) is 5.91 Å². The van der Waals surface area contributed by atoms with Crippen molar-refractivity contribution in [1.29, 1.82) is 0 Å². The summed E-state index contributed by atoms with van der Waals surface area (Å²) in [6.45, 7) is 1.26. The van der Waals surface area contributed by atoms with Gasteiger partial charge in [0, 0.05) is 18.9 Å². The number of nitrogens with two attached hydrogens (primary N) is 1. The summed E-state index contributed by atoms with van der Waals surface area (Å²) in [6.07, 6.45) is 4.78. The minimum atomic E-state index is -0.167. The van der Waals surface area contributed by atoms with E-state index in [0.29, 0.717) is 23.7 Å². The zero-order valence-corrected chi connectivity index (χ0v) is 9.13. The van der Waals surface area contributed by atoms with Crippen molar-refractivity contribution in [1.82, 2.24) is 10.3 Å². The molecule has 0 saturated carbocycles. The lowest BCUT2D eigenvalue weighted by Crippen LogP contribution is -2.25. The van der Waals surface area contributed by atoms with Gasteiger partial charge in [-0.05, 0) is 25.5 Å². The highest BCUT2D eigenvalue weighted by molar-refractivity contribution is 6.33. The van der Waals surface area contributed by atoms with Gasteiger partial charge in [0.05, 0.1) is 10.6 Å². The number of nitrogens with zero attached hydrogens (tertiary/aromatic N) is 1. The average molecular weight is 228 g/mol. The summed E-state index contributed by atoms with van der Waals surface area (Å²) >= 11 is 5.82. The summed E-state index contributed by atoms with van der Waals surface area (Å²) in [6, 6.07) is 1.60. The summed E-state index contributed by atoms with van der Waals surface area (Å²) in [7, 11) is 0. The second-order valence-electron chi connectivity index (χ2n) is 3.11. The van der Waals surface area contributed by atoms with Gasteiger partial charge in [-0.15, -0.1) is 0 Å². The normalized spacial score (nSPS) is 10.0. The van der Waals surface area contributed by atoms with E-state index in [1.54, 1.807) is 12.3 Å². The molecule has 0 radical (unpaired) electrons. The van der Waals surface area contributed by atoms with Crippen molar-refractivity contribution in [3.8, 4) is 0 Å². The van der Waals surface area contributed by atoms with Crippen LogP contribution < -0.4 is 11.1 Å². The predicted octanol–water partition coefficient (Wildman–Crippen LogP) is 1.20. The second kappa shape index (κ2) is 6.37. The number of aromatic nitrogens is 1. The molecule has 0 aliphatic carbocycles. The molecule has 0 atom stereocenters. The molecule has 1 amide bonds. The van der Waals surface area contributed by atoms with E-state index in [9.17, 15) is 4.79 Å². The maximum Gasteiger partial charge on any atom is 0.252 e. The molecule has 1 aromatic heterocycles. The average Bonchev–Trinajstić information content (AvgIpc) is 2.25. The zero-order valence-electron chi connectivity index (χ0n) is 8.37. The van der Waals surface area contributed by atoms with Gasteiger partial charge in [0.15, 0.2) is 0 Å². The molecule has 0 spiro atoms. The summed E-state index contributed by atoms with van der Waals surface area (Å²) < 4.78 is 0. The molecule has 1 rings (SSSR count). The van der Waals surface area contributed by atoms with Gasteiger partial charge in [-0.25, -0.2) is 0 Å². The topological polar surface area (TPSA) is 68.0 Å². The predicted molar refractivity (Wildman–Crippen MR) is 59.9 cm³/mol. The van der Waals surface area contributed by atoms with Crippen molar-refractivity contribution < 1.29 is 4.79 Å². The Kier molecular flexibility index (Phi) is 5.07. The molecule has 0 fully saturated rings. The Morgan fingerprint density at radius 2 is 2.33 bits per heavy atom. The Morgan fingerprint density at radius 1 is 1.53 bits per heavy atom. The molecule has 15 heavy (non-hydrogen) atoms. The number of nitrogens with one attached hydrogen (secondary N) is 1. The standard InChI is InChI=1S/C10H14ClN3O/c11-9-7-13-6-3-8(9)10(15)14-5-2-1-4-12/h3,6-7H,1-2,4-5,12H2,(H,14,15). The first-order chi connectivity index (χ1) is 7.25. The SMILES string of the molecule is NCCCCNC(=O)c1ccncc1Cl. The third-order valence-corrected chi connectivity index (χ3v) is 2.23. The number of halogens is 1. The molecule has 0 unspecified atom stereocenters. The Hall–Kier alpha value is -1.13. The van der Waals surface area contributed by atoms with E-state index in [0.717, 1.165) is 12.8 Å². The van der Waals surface area contributed by atoms with E-state index >= 15 is 0 Å². The lowest BCUT2D eigenvalue weighted by atomic mass is 10.2. The number of hydrogen-bond donors (Lipinski definition) is 2. The van der Waals surface area contributed by atoms with Crippen LogP contribution in [-0.2, 0) is 0 Å². The fraction of sp³-hybridized carbons (Fsp3) is 0.400. The first kappa shape index (κ1) is 11.9. The maximum absolute atomic E-state index is 11.6. The van der Waals surface area contributed by atoms with Crippen molar-refractivity contribution in [3.05, 3.63) is 29.0 Å². The molecule has 0 saturated heterocycles.